The van der Waals surface area contributed by atoms with Gasteiger partial charge >= 0.3 is 0 Å². The molecule has 2 bridgehead atoms. The monoisotopic (exact) mass is 308 g/mol. The molecule has 1 aromatic carbocycles. The standard InChI is InChI=1S/C22H28O/c1-2-3-5-10-20(23)13-14-21-18-11-12-19(16-18)22(21)15-17-8-6-4-7-9-17/h4,6-9,11-12,18-23H,2-3,5,10,15-16H2,1H3/t18-,19+,20?,21+,22-/m1/s1. The van der Waals surface area contributed by atoms with Crippen molar-refractivity contribution in [2.75, 3.05) is 0 Å². The lowest BCUT2D eigenvalue weighted by Crippen LogP contribution is -2.21. The number of fused-ring (bicyclic) bond motifs is 2. The lowest BCUT2D eigenvalue weighted by atomic mass is 9.79. The van der Waals surface area contributed by atoms with Crippen molar-refractivity contribution in [2.45, 2.75) is 51.6 Å². The minimum Gasteiger partial charge on any atom is -0.380 e. The van der Waals surface area contributed by atoms with Crippen LogP contribution in [0.4, 0.5) is 0 Å². The van der Waals surface area contributed by atoms with Gasteiger partial charge in [0.25, 0.3) is 0 Å². The molecule has 3 rings (SSSR count). The molecule has 122 valence electrons. The molecule has 1 unspecified atom stereocenters. The first-order valence-corrected chi connectivity index (χ1v) is 9.19. The number of rotatable bonds is 6. The van der Waals surface area contributed by atoms with E-state index in [1.807, 2.05) is 0 Å². The Balaban J connectivity index is 1.64. The summed E-state index contributed by atoms with van der Waals surface area (Å²) < 4.78 is 0. The number of hydrogen-bond acceptors (Lipinski definition) is 1. The summed E-state index contributed by atoms with van der Waals surface area (Å²) in [6, 6.07) is 10.8. The molecular weight excluding hydrogens is 280 g/mol. The van der Waals surface area contributed by atoms with Gasteiger partial charge in [0.15, 0.2) is 0 Å². The van der Waals surface area contributed by atoms with Crippen LogP contribution in [0.3, 0.4) is 0 Å². The fraction of sp³-hybridized carbons (Fsp3) is 0.545. The third kappa shape index (κ3) is 4.06. The van der Waals surface area contributed by atoms with Crippen molar-refractivity contribution in [2.24, 2.45) is 23.7 Å². The first-order chi connectivity index (χ1) is 11.3. The van der Waals surface area contributed by atoms with Gasteiger partial charge in [0, 0.05) is 5.92 Å². The highest BCUT2D eigenvalue weighted by molar-refractivity contribution is 5.26. The molecule has 0 spiro atoms. The van der Waals surface area contributed by atoms with Crippen LogP contribution in [0, 0.1) is 35.5 Å². The largest absolute Gasteiger partial charge is 0.380 e. The quantitative estimate of drug-likeness (QED) is 0.462. The maximum absolute atomic E-state index is 10.1. The molecule has 0 saturated heterocycles. The Kier molecular flexibility index (Phi) is 5.57. The Morgan fingerprint density at radius 2 is 1.91 bits per heavy atom. The van der Waals surface area contributed by atoms with E-state index in [0.717, 1.165) is 19.3 Å². The molecule has 0 heterocycles. The Morgan fingerprint density at radius 3 is 2.70 bits per heavy atom. The maximum Gasteiger partial charge on any atom is 0.114 e. The van der Waals surface area contributed by atoms with Crippen molar-refractivity contribution >= 4 is 0 Å². The van der Waals surface area contributed by atoms with Gasteiger partial charge < -0.3 is 5.11 Å². The summed E-state index contributed by atoms with van der Waals surface area (Å²) in [5, 5.41) is 10.1. The molecule has 0 radical (unpaired) electrons. The lowest BCUT2D eigenvalue weighted by Gasteiger charge is -2.24. The normalized spacial score (nSPS) is 29.3. The second kappa shape index (κ2) is 7.84. The van der Waals surface area contributed by atoms with Gasteiger partial charge in [-0.1, -0.05) is 74.1 Å². The number of allylic oxidation sites excluding steroid dienone is 2. The van der Waals surface area contributed by atoms with Crippen LogP contribution >= 0.6 is 0 Å². The summed E-state index contributed by atoms with van der Waals surface area (Å²) in [5.41, 5.74) is 1.41. The van der Waals surface area contributed by atoms with Crippen molar-refractivity contribution in [1.29, 1.82) is 0 Å². The van der Waals surface area contributed by atoms with Crippen LogP contribution in [0.15, 0.2) is 42.5 Å². The first-order valence-electron chi connectivity index (χ1n) is 9.19. The van der Waals surface area contributed by atoms with Crippen molar-refractivity contribution < 1.29 is 5.11 Å². The number of hydrogen-bond donors (Lipinski definition) is 1. The van der Waals surface area contributed by atoms with Gasteiger partial charge in [0.2, 0.25) is 0 Å². The molecule has 1 aromatic rings. The highest BCUT2D eigenvalue weighted by Crippen LogP contribution is 2.48. The topological polar surface area (TPSA) is 20.2 Å². The van der Waals surface area contributed by atoms with Gasteiger partial charge in [-0.3, -0.25) is 0 Å². The third-order valence-corrected chi connectivity index (χ3v) is 5.43. The van der Waals surface area contributed by atoms with Crippen molar-refractivity contribution in [3.8, 4) is 11.8 Å². The van der Waals surface area contributed by atoms with E-state index in [1.54, 1.807) is 0 Å². The highest BCUT2D eigenvalue weighted by atomic mass is 16.3. The van der Waals surface area contributed by atoms with Crippen molar-refractivity contribution in [3.05, 3.63) is 48.0 Å². The summed E-state index contributed by atoms with van der Waals surface area (Å²) in [4.78, 5) is 0. The minimum absolute atomic E-state index is 0.422. The van der Waals surface area contributed by atoms with Crippen molar-refractivity contribution in [1.82, 2.24) is 0 Å². The molecule has 2 aliphatic carbocycles. The van der Waals surface area contributed by atoms with E-state index in [-0.39, 0.29) is 0 Å². The predicted molar refractivity (Wildman–Crippen MR) is 95.8 cm³/mol. The van der Waals surface area contributed by atoms with Gasteiger partial charge in [0.1, 0.15) is 6.10 Å². The van der Waals surface area contributed by atoms with Gasteiger partial charge in [0.05, 0.1) is 0 Å². The molecule has 23 heavy (non-hydrogen) atoms. The minimum atomic E-state index is -0.443. The van der Waals surface area contributed by atoms with Gasteiger partial charge in [-0.15, -0.1) is 0 Å². The molecule has 1 N–H and O–H groups in total. The lowest BCUT2D eigenvalue weighted by molar-refractivity contribution is 0.217. The van der Waals surface area contributed by atoms with E-state index in [1.165, 1.54) is 24.8 Å². The molecular formula is C22H28O. The zero-order chi connectivity index (χ0) is 16.1. The summed E-state index contributed by atoms with van der Waals surface area (Å²) in [6.45, 7) is 2.19. The van der Waals surface area contributed by atoms with E-state index < -0.39 is 6.10 Å². The van der Waals surface area contributed by atoms with E-state index in [4.69, 9.17) is 0 Å². The van der Waals surface area contributed by atoms with Crippen LogP contribution in [0.5, 0.6) is 0 Å². The summed E-state index contributed by atoms with van der Waals surface area (Å²) >= 11 is 0. The number of aliphatic hydroxyl groups is 1. The van der Waals surface area contributed by atoms with Crippen LogP contribution in [-0.2, 0) is 6.42 Å². The van der Waals surface area contributed by atoms with Crippen LogP contribution in [0.25, 0.3) is 0 Å². The third-order valence-electron chi connectivity index (χ3n) is 5.43. The van der Waals surface area contributed by atoms with Gasteiger partial charge in [-0.2, -0.15) is 0 Å². The average Bonchev–Trinajstić information content (AvgIpc) is 3.16. The van der Waals surface area contributed by atoms with Crippen LogP contribution in [0.2, 0.25) is 0 Å². The maximum atomic E-state index is 10.1. The van der Waals surface area contributed by atoms with Crippen LogP contribution in [-0.4, -0.2) is 11.2 Å². The summed E-state index contributed by atoms with van der Waals surface area (Å²) in [6.07, 6.45) is 10.9. The van der Waals surface area contributed by atoms with E-state index in [0.29, 0.717) is 23.7 Å². The van der Waals surface area contributed by atoms with Crippen LogP contribution in [0.1, 0.15) is 44.6 Å². The predicted octanol–water partition coefficient (Wildman–Crippen LogP) is 4.61. The van der Waals surface area contributed by atoms with Gasteiger partial charge in [-0.25, -0.2) is 0 Å². The Morgan fingerprint density at radius 1 is 1.13 bits per heavy atom. The summed E-state index contributed by atoms with van der Waals surface area (Å²) in [7, 11) is 0. The average molecular weight is 308 g/mol. The number of unbranched alkanes of at least 4 members (excludes halogenated alkanes) is 2. The van der Waals surface area contributed by atoms with Crippen molar-refractivity contribution in [3.63, 3.8) is 0 Å². The molecule has 0 amide bonds. The molecule has 5 atom stereocenters. The second-order valence-corrected chi connectivity index (χ2v) is 7.13. The van der Waals surface area contributed by atoms with Gasteiger partial charge in [-0.05, 0) is 49.0 Å². The fourth-order valence-corrected chi connectivity index (χ4v) is 4.16. The molecule has 0 aliphatic heterocycles. The smallest absolute Gasteiger partial charge is 0.114 e. The highest BCUT2D eigenvalue weighted by Gasteiger charge is 2.43. The molecule has 1 saturated carbocycles. The Labute approximate surface area is 140 Å². The first kappa shape index (κ1) is 16.3. The fourth-order valence-electron chi connectivity index (χ4n) is 4.16. The van der Waals surface area contributed by atoms with E-state index in [9.17, 15) is 5.11 Å². The number of aliphatic hydroxyl groups excluding tert-OH is 1. The summed E-state index contributed by atoms with van der Waals surface area (Å²) in [5.74, 6) is 8.93. The second-order valence-electron chi connectivity index (χ2n) is 7.13. The van der Waals surface area contributed by atoms with E-state index >= 15 is 0 Å². The molecule has 1 heteroatoms. The Hall–Kier alpha value is -1.52. The zero-order valence-corrected chi connectivity index (χ0v) is 14.1. The number of benzene rings is 1. The molecule has 1 nitrogen and oxygen atoms in total. The molecule has 1 fully saturated rings. The Bertz CT molecular complexity index is 577. The SMILES string of the molecule is CCCCCC(O)C#C[C@@H]1[C@H](Cc2ccccc2)[C@H]2C=C[C@@H]1C2. The molecule has 0 aromatic heterocycles. The van der Waals surface area contributed by atoms with E-state index in [2.05, 4.69) is 61.2 Å². The van der Waals surface area contributed by atoms with Crippen LogP contribution < -0.4 is 0 Å². The molecule has 2 aliphatic rings. The zero-order valence-electron chi connectivity index (χ0n) is 14.1.